The van der Waals surface area contributed by atoms with Gasteiger partial charge >= 0.3 is 0 Å². The fraction of sp³-hybridized carbons (Fsp3) is 0.500. The molecule has 0 atom stereocenters. The highest BCUT2D eigenvalue weighted by Crippen LogP contribution is 2.08. The number of halogens is 1. The van der Waals surface area contributed by atoms with Gasteiger partial charge in [-0.1, -0.05) is 6.07 Å². The third-order valence-corrected chi connectivity index (χ3v) is 2.50. The maximum atomic E-state index is 12.8. The lowest BCUT2D eigenvalue weighted by atomic mass is 10.3. The van der Waals surface area contributed by atoms with Crippen molar-refractivity contribution in [3.05, 3.63) is 30.1 Å². The Morgan fingerprint density at radius 3 is 2.73 bits per heavy atom. The van der Waals surface area contributed by atoms with Crippen molar-refractivity contribution in [2.45, 2.75) is 19.9 Å². The third-order valence-electron chi connectivity index (χ3n) is 2.50. The molecule has 1 rings (SSSR count). The van der Waals surface area contributed by atoms with Gasteiger partial charge in [-0.05, 0) is 39.1 Å². The molecule has 0 heterocycles. The molecular formula is C12H19FN2. The van der Waals surface area contributed by atoms with Crippen molar-refractivity contribution in [2.24, 2.45) is 0 Å². The van der Waals surface area contributed by atoms with E-state index in [-0.39, 0.29) is 5.82 Å². The second kappa shape index (κ2) is 5.71. The molecular weight excluding hydrogens is 191 g/mol. The first-order valence-corrected chi connectivity index (χ1v) is 5.29. The summed E-state index contributed by atoms with van der Waals surface area (Å²) in [7, 11) is 2.08. The van der Waals surface area contributed by atoms with E-state index in [0.29, 0.717) is 6.04 Å². The average molecular weight is 210 g/mol. The molecule has 1 aromatic carbocycles. The number of anilines is 1. The van der Waals surface area contributed by atoms with Gasteiger partial charge in [0.05, 0.1) is 0 Å². The van der Waals surface area contributed by atoms with E-state index in [9.17, 15) is 4.39 Å². The number of nitrogens with one attached hydrogen (secondary N) is 1. The normalized spacial score (nSPS) is 11.1. The van der Waals surface area contributed by atoms with Gasteiger partial charge in [0.25, 0.3) is 0 Å². The lowest BCUT2D eigenvalue weighted by Crippen LogP contribution is -2.31. The van der Waals surface area contributed by atoms with E-state index >= 15 is 0 Å². The van der Waals surface area contributed by atoms with Crippen LogP contribution in [0.1, 0.15) is 13.8 Å². The van der Waals surface area contributed by atoms with Crippen molar-refractivity contribution in [3.63, 3.8) is 0 Å². The van der Waals surface area contributed by atoms with Crippen molar-refractivity contribution < 1.29 is 4.39 Å². The van der Waals surface area contributed by atoms with E-state index < -0.39 is 0 Å². The van der Waals surface area contributed by atoms with Gasteiger partial charge in [0, 0.05) is 24.8 Å². The number of benzene rings is 1. The predicted molar refractivity (Wildman–Crippen MR) is 62.7 cm³/mol. The zero-order chi connectivity index (χ0) is 11.3. The Kier molecular flexibility index (Phi) is 4.56. The van der Waals surface area contributed by atoms with Crippen LogP contribution in [-0.2, 0) is 0 Å². The molecule has 15 heavy (non-hydrogen) atoms. The number of hydrogen-bond acceptors (Lipinski definition) is 2. The lowest BCUT2D eigenvalue weighted by Gasteiger charge is -2.21. The Morgan fingerprint density at radius 1 is 1.40 bits per heavy atom. The van der Waals surface area contributed by atoms with Crippen molar-refractivity contribution in [1.29, 1.82) is 0 Å². The molecule has 0 amide bonds. The SMILES string of the molecule is CC(C)N(C)CCNc1cccc(F)c1. The first kappa shape index (κ1) is 12.0. The van der Waals surface area contributed by atoms with Crippen molar-refractivity contribution >= 4 is 5.69 Å². The van der Waals surface area contributed by atoms with E-state index in [1.807, 2.05) is 6.07 Å². The smallest absolute Gasteiger partial charge is 0.125 e. The second-order valence-electron chi connectivity index (χ2n) is 4.01. The van der Waals surface area contributed by atoms with Crippen molar-refractivity contribution in [2.75, 3.05) is 25.5 Å². The minimum Gasteiger partial charge on any atom is -0.384 e. The van der Waals surface area contributed by atoms with Gasteiger partial charge in [0.2, 0.25) is 0 Å². The fourth-order valence-electron chi connectivity index (χ4n) is 1.23. The van der Waals surface area contributed by atoms with Crippen LogP contribution in [0.15, 0.2) is 24.3 Å². The lowest BCUT2D eigenvalue weighted by molar-refractivity contribution is 0.284. The van der Waals surface area contributed by atoms with Crippen LogP contribution in [0.3, 0.4) is 0 Å². The molecule has 0 unspecified atom stereocenters. The highest BCUT2D eigenvalue weighted by Gasteiger charge is 2.01. The number of hydrogen-bond donors (Lipinski definition) is 1. The molecule has 0 aliphatic heterocycles. The topological polar surface area (TPSA) is 15.3 Å². The largest absolute Gasteiger partial charge is 0.384 e. The highest BCUT2D eigenvalue weighted by molar-refractivity contribution is 5.42. The van der Waals surface area contributed by atoms with E-state index in [4.69, 9.17) is 0 Å². The maximum Gasteiger partial charge on any atom is 0.125 e. The Hall–Kier alpha value is -1.09. The number of nitrogens with zero attached hydrogens (tertiary/aromatic N) is 1. The third kappa shape index (κ3) is 4.30. The van der Waals surface area contributed by atoms with E-state index in [2.05, 4.69) is 31.1 Å². The van der Waals surface area contributed by atoms with Gasteiger partial charge in [0.15, 0.2) is 0 Å². The van der Waals surface area contributed by atoms with Gasteiger partial charge in [-0.2, -0.15) is 0 Å². The zero-order valence-electron chi connectivity index (χ0n) is 9.63. The van der Waals surface area contributed by atoms with Gasteiger partial charge < -0.3 is 10.2 Å². The molecule has 0 bridgehead atoms. The van der Waals surface area contributed by atoms with Crippen LogP contribution in [0.25, 0.3) is 0 Å². The summed E-state index contributed by atoms with van der Waals surface area (Å²) in [6, 6.07) is 7.09. The molecule has 0 fully saturated rings. The molecule has 0 radical (unpaired) electrons. The zero-order valence-corrected chi connectivity index (χ0v) is 9.63. The fourth-order valence-corrected chi connectivity index (χ4v) is 1.23. The summed E-state index contributed by atoms with van der Waals surface area (Å²) in [5.74, 6) is -0.197. The summed E-state index contributed by atoms with van der Waals surface area (Å²) in [6.07, 6.45) is 0. The summed E-state index contributed by atoms with van der Waals surface area (Å²) < 4.78 is 12.8. The minimum absolute atomic E-state index is 0.197. The van der Waals surface area contributed by atoms with Crippen molar-refractivity contribution in [3.8, 4) is 0 Å². The van der Waals surface area contributed by atoms with Gasteiger partial charge in [-0.3, -0.25) is 0 Å². The Balaban J connectivity index is 2.32. The Labute approximate surface area is 91.1 Å². The number of likely N-dealkylation sites (N-methyl/N-ethyl adjacent to an activating group) is 1. The molecule has 0 saturated heterocycles. The van der Waals surface area contributed by atoms with Crippen LogP contribution in [0.5, 0.6) is 0 Å². The van der Waals surface area contributed by atoms with Crippen LogP contribution in [0, 0.1) is 5.82 Å². The van der Waals surface area contributed by atoms with Gasteiger partial charge in [-0.15, -0.1) is 0 Å². The summed E-state index contributed by atoms with van der Waals surface area (Å²) in [5, 5.41) is 3.19. The highest BCUT2D eigenvalue weighted by atomic mass is 19.1. The van der Waals surface area contributed by atoms with Crippen LogP contribution < -0.4 is 5.32 Å². The summed E-state index contributed by atoms with van der Waals surface area (Å²) >= 11 is 0. The summed E-state index contributed by atoms with van der Waals surface area (Å²) in [6.45, 7) is 6.09. The van der Waals surface area contributed by atoms with Crippen molar-refractivity contribution in [1.82, 2.24) is 4.90 Å². The molecule has 0 spiro atoms. The molecule has 1 N–H and O–H groups in total. The van der Waals surface area contributed by atoms with E-state index in [1.54, 1.807) is 6.07 Å². The van der Waals surface area contributed by atoms with Crippen LogP contribution >= 0.6 is 0 Å². The monoisotopic (exact) mass is 210 g/mol. The first-order valence-electron chi connectivity index (χ1n) is 5.29. The standard InChI is InChI=1S/C12H19FN2/c1-10(2)15(3)8-7-14-12-6-4-5-11(13)9-12/h4-6,9-10,14H,7-8H2,1-3H3. The van der Waals surface area contributed by atoms with E-state index in [1.165, 1.54) is 12.1 Å². The molecule has 0 aliphatic rings. The Bertz CT molecular complexity index is 299. The first-order chi connectivity index (χ1) is 7.09. The summed E-state index contributed by atoms with van der Waals surface area (Å²) in [4.78, 5) is 2.24. The molecule has 0 aromatic heterocycles. The van der Waals surface area contributed by atoms with Crippen LogP contribution in [0.4, 0.5) is 10.1 Å². The number of rotatable bonds is 5. The Morgan fingerprint density at radius 2 is 2.13 bits per heavy atom. The molecule has 1 aromatic rings. The quantitative estimate of drug-likeness (QED) is 0.803. The van der Waals surface area contributed by atoms with Crippen LogP contribution in [-0.4, -0.2) is 31.1 Å². The predicted octanol–water partition coefficient (Wildman–Crippen LogP) is 2.58. The van der Waals surface area contributed by atoms with E-state index in [0.717, 1.165) is 18.8 Å². The van der Waals surface area contributed by atoms with Gasteiger partial charge in [-0.25, -0.2) is 4.39 Å². The molecule has 84 valence electrons. The minimum atomic E-state index is -0.197. The van der Waals surface area contributed by atoms with Crippen LogP contribution in [0.2, 0.25) is 0 Å². The van der Waals surface area contributed by atoms with Gasteiger partial charge in [0.1, 0.15) is 5.82 Å². The average Bonchev–Trinajstić information content (AvgIpc) is 2.17. The second-order valence-corrected chi connectivity index (χ2v) is 4.01. The molecule has 0 saturated carbocycles. The molecule has 0 aliphatic carbocycles. The maximum absolute atomic E-state index is 12.8. The molecule has 3 heteroatoms. The summed E-state index contributed by atoms with van der Waals surface area (Å²) in [5.41, 5.74) is 0.840. The molecule has 2 nitrogen and oxygen atoms in total.